The minimum Gasteiger partial charge on any atom is -0.341 e. The lowest BCUT2D eigenvalue weighted by atomic mass is 10.1. The zero-order valence-corrected chi connectivity index (χ0v) is 14.2. The lowest BCUT2D eigenvalue weighted by Gasteiger charge is -2.23. The van der Waals surface area contributed by atoms with E-state index in [4.69, 9.17) is 0 Å². The van der Waals surface area contributed by atoms with Gasteiger partial charge in [-0.25, -0.2) is 8.42 Å². The normalized spacial score (nSPS) is 17.8. The second kappa shape index (κ2) is 8.03. The molecule has 1 atom stereocenters. The van der Waals surface area contributed by atoms with Crippen molar-refractivity contribution in [2.75, 3.05) is 20.1 Å². The van der Waals surface area contributed by atoms with E-state index in [0.717, 1.165) is 31.6 Å². The van der Waals surface area contributed by atoms with Gasteiger partial charge in [-0.2, -0.15) is 8.78 Å². The Morgan fingerprint density at radius 1 is 1.35 bits per heavy atom. The lowest BCUT2D eigenvalue weighted by Crippen LogP contribution is -2.39. The van der Waals surface area contributed by atoms with Crippen LogP contribution in [0.2, 0.25) is 0 Å². The van der Waals surface area contributed by atoms with Gasteiger partial charge in [-0.05, 0) is 30.7 Å². The molecule has 0 saturated carbocycles. The molecule has 1 aromatic carbocycles. The quantitative estimate of drug-likeness (QED) is 0.854. The van der Waals surface area contributed by atoms with Crippen LogP contribution >= 0.6 is 12.4 Å². The number of halogens is 3. The molecule has 1 N–H and O–H groups in total. The maximum absolute atomic E-state index is 12.4. The molecule has 9 heteroatoms. The van der Waals surface area contributed by atoms with Crippen LogP contribution in [0.3, 0.4) is 0 Å². The van der Waals surface area contributed by atoms with E-state index in [1.165, 1.54) is 12.1 Å². The molecule has 1 heterocycles. The summed E-state index contributed by atoms with van der Waals surface area (Å²) in [7, 11) is -2.86. The summed E-state index contributed by atoms with van der Waals surface area (Å²) in [5, 5.41) is 3.18. The standard InChI is InChI=1S/C14H18F2N2O3S.ClH/c1-18(11-6-7-17-9-11)13(19)8-10-2-4-12(5-3-10)22(20,21)14(15)16;/h2-5,11,14,17H,6-9H2,1H3;1H. The van der Waals surface area contributed by atoms with Gasteiger partial charge in [-0.1, -0.05) is 12.1 Å². The molecule has 0 aliphatic carbocycles. The van der Waals surface area contributed by atoms with Gasteiger partial charge in [0.05, 0.1) is 11.3 Å². The molecule has 0 radical (unpaired) electrons. The molecule has 1 amide bonds. The second-order valence-corrected chi connectivity index (χ2v) is 7.20. The summed E-state index contributed by atoms with van der Waals surface area (Å²) in [6.45, 7) is 1.64. The van der Waals surface area contributed by atoms with Crippen LogP contribution in [0.1, 0.15) is 12.0 Å². The predicted octanol–water partition coefficient (Wildman–Crippen LogP) is 1.47. The number of hydrogen-bond donors (Lipinski definition) is 1. The highest BCUT2D eigenvalue weighted by Crippen LogP contribution is 2.19. The Bertz CT molecular complexity index is 632. The molecule has 1 aliphatic rings. The fourth-order valence-electron chi connectivity index (χ4n) is 2.37. The van der Waals surface area contributed by atoms with Gasteiger partial charge in [0.2, 0.25) is 15.7 Å². The number of rotatable bonds is 5. The molecule has 0 spiro atoms. The molecule has 1 aliphatic heterocycles. The summed E-state index contributed by atoms with van der Waals surface area (Å²) < 4.78 is 47.5. The molecule has 5 nitrogen and oxygen atoms in total. The number of nitrogens with one attached hydrogen (secondary N) is 1. The van der Waals surface area contributed by atoms with Crippen LogP contribution in [0.15, 0.2) is 29.2 Å². The molecule has 23 heavy (non-hydrogen) atoms. The van der Waals surface area contributed by atoms with Gasteiger partial charge in [-0.15, -0.1) is 12.4 Å². The van der Waals surface area contributed by atoms with Crippen molar-refractivity contribution in [2.45, 2.75) is 29.5 Å². The number of alkyl halides is 2. The fourth-order valence-corrected chi connectivity index (χ4v) is 3.09. The topological polar surface area (TPSA) is 66.5 Å². The monoisotopic (exact) mass is 368 g/mol. The molecule has 0 bridgehead atoms. The number of amides is 1. The van der Waals surface area contributed by atoms with Crippen LogP contribution in [0.5, 0.6) is 0 Å². The maximum Gasteiger partial charge on any atom is 0.341 e. The lowest BCUT2D eigenvalue weighted by molar-refractivity contribution is -0.130. The van der Waals surface area contributed by atoms with E-state index in [-0.39, 0.29) is 30.8 Å². The third-order valence-corrected chi connectivity index (χ3v) is 5.22. The van der Waals surface area contributed by atoms with Crippen LogP contribution in [-0.4, -0.2) is 51.2 Å². The van der Waals surface area contributed by atoms with Crippen molar-refractivity contribution < 1.29 is 22.0 Å². The van der Waals surface area contributed by atoms with E-state index in [2.05, 4.69) is 5.32 Å². The number of carbonyl (C=O) groups is 1. The van der Waals surface area contributed by atoms with Crippen LogP contribution in [0, 0.1) is 0 Å². The van der Waals surface area contributed by atoms with Gasteiger partial charge in [0.15, 0.2) is 0 Å². The van der Waals surface area contributed by atoms with Gasteiger partial charge < -0.3 is 10.2 Å². The Morgan fingerprint density at radius 3 is 2.43 bits per heavy atom. The zero-order chi connectivity index (χ0) is 16.3. The average molecular weight is 369 g/mol. The van der Waals surface area contributed by atoms with Gasteiger partial charge in [-0.3, -0.25) is 4.79 Å². The molecule has 1 saturated heterocycles. The zero-order valence-electron chi connectivity index (χ0n) is 12.5. The highest BCUT2D eigenvalue weighted by Gasteiger charge is 2.27. The maximum atomic E-state index is 12.4. The summed E-state index contributed by atoms with van der Waals surface area (Å²) in [6.07, 6.45) is 1.01. The van der Waals surface area contributed by atoms with E-state index < -0.39 is 20.5 Å². The minimum atomic E-state index is -4.59. The van der Waals surface area contributed by atoms with Crippen molar-refractivity contribution >= 4 is 28.2 Å². The van der Waals surface area contributed by atoms with E-state index in [1.54, 1.807) is 11.9 Å². The van der Waals surface area contributed by atoms with Crippen molar-refractivity contribution in [3.63, 3.8) is 0 Å². The highest BCUT2D eigenvalue weighted by atomic mass is 35.5. The Labute approximate surface area is 140 Å². The first-order valence-corrected chi connectivity index (χ1v) is 8.44. The van der Waals surface area contributed by atoms with E-state index in [0.29, 0.717) is 5.56 Å². The number of sulfone groups is 1. The summed E-state index contributed by atoms with van der Waals surface area (Å²) >= 11 is 0. The van der Waals surface area contributed by atoms with E-state index >= 15 is 0 Å². The van der Waals surface area contributed by atoms with Crippen molar-refractivity contribution in [1.82, 2.24) is 10.2 Å². The Hall–Kier alpha value is -1.25. The van der Waals surface area contributed by atoms with Crippen molar-refractivity contribution in [3.05, 3.63) is 29.8 Å². The van der Waals surface area contributed by atoms with Crippen LogP contribution in [0.4, 0.5) is 8.78 Å². The molecule has 1 unspecified atom stereocenters. The fraction of sp³-hybridized carbons (Fsp3) is 0.500. The van der Waals surface area contributed by atoms with Crippen molar-refractivity contribution in [2.24, 2.45) is 0 Å². The Balaban J connectivity index is 0.00000264. The van der Waals surface area contributed by atoms with Crippen LogP contribution in [-0.2, 0) is 21.1 Å². The SMILES string of the molecule is CN(C(=O)Cc1ccc(S(=O)(=O)C(F)F)cc1)C1CCNC1.Cl. The third-order valence-electron chi connectivity index (χ3n) is 3.82. The number of carbonyl (C=O) groups excluding carboxylic acids is 1. The Morgan fingerprint density at radius 2 is 1.96 bits per heavy atom. The Kier molecular flexibility index (Phi) is 6.91. The molecule has 0 aromatic heterocycles. The number of nitrogens with zero attached hydrogens (tertiary/aromatic N) is 1. The van der Waals surface area contributed by atoms with Gasteiger partial charge in [0, 0.05) is 19.6 Å². The molecular weight excluding hydrogens is 350 g/mol. The number of likely N-dealkylation sites (N-methyl/N-ethyl adjacent to an activating group) is 1. The first-order chi connectivity index (χ1) is 10.3. The molecule has 2 rings (SSSR count). The van der Waals surface area contributed by atoms with Crippen LogP contribution < -0.4 is 5.32 Å². The first kappa shape index (κ1) is 19.8. The third kappa shape index (κ3) is 4.62. The minimum absolute atomic E-state index is 0. The largest absolute Gasteiger partial charge is 0.341 e. The second-order valence-electron chi connectivity index (χ2n) is 5.28. The number of benzene rings is 1. The average Bonchev–Trinajstić information content (AvgIpc) is 3.01. The van der Waals surface area contributed by atoms with E-state index in [9.17, 15) is 22.0 Å². The van der Waals surface area contributed by atoms with Gasteiger partial charge >= 0.3 is 5.76 Å². The molecule has 130 valence electrons. The summed E-state index contributed by atoms with van der Waals surface area (Å²) in [6, 6.07) is 5.18. The highest BCUT2D eigenvalue weighted by molar-refractivity contribution is 7.91. The van der Waals surface area contributed by atoms with Gasteiger partial charge in [0.1, 0.15) is 0 Å². The van der Waals surface area contributed by atoms with Gasteiger partial charge in [0.25, 0.3) is 0 Å². The summed E-state index contributed by atoms with van der Waals surface area (Å²) in [5.74, 6) is -3.53. The number of hydrogen-bond acceptors (Lipinski definition) is 4. The van der Waals surface area contributed by atoms with Crippen LogP contribution in [0.25, 0.3) is 0 Å². The summed E-state index contributed by atoms with van der Waals surface area (Å²) in [4.78, 5) is 13.4. The first-order valence-electron chi connectivity index (χ1n) is 6.89. The molecule has 1 aromatic rings. The van der Waals surface area contributed by atoms with Crippen molar-refractivity contribution in [3.8, 4) is 0 Å². The predicted molar refractivity (Wildman–Crippen MR) is 84.6 cm³/mol. The molecule has 1 fully saturated rings. The smallest absolute Gasteiger partial charge is 0.341 e. The summed E-state index contributed by atoms with van der Waals surface area (Å²) in [5.41, 5.74) is 0.594. The van der Waals surface area contributed by atoms with Crippen molar-refractivity contribution in [1.29, 1.82) is 0 Å². The van der Waals surface area contributed by atoms with E-state index in [1.807, 2.05) is 0 Å². The molecular formula is C14H19ClF2N2O3S.